The van der Waals surface area contributed by atoms with Gasteiger partial charge in [-0.2, -0.15) is 9.35 Å². The van der Waals surface area contributed by atoms with Crippen LogP contribution < -0.4 is 9.64 Å². The maximum absolute atomic E-state index is 12.8. The third kappa shape index (κ3) is 4.07. The number of halogens is 4. The Labute approximate surface area is 157 Å². The van der Waals surface area contributed by atoms with Gasteiger partial charge in [-0.15, -0.1) is 13.2 Å². The number of fused-ring (bicyclic) bond motifs is 1. The number of anilines is 1. The number of benzene rings is 1. The number of nitrogens with zero attached hydrogens (tertiary/aromatic N) is 2. The van der Waals surface area contributed by atoms with Gasteiger partial charge in [-0.05, 0) is 29.8 Å². The highest BCUT2D eigenvalue weighted by molar-refractivity contribution is 8.15. The molecule has 0 aliphatic carbocycles. The van der Waals surface area contributed by atoms with E-state index in [1.807, 2.05) is 0 Å². The molecule has 0 spiro atoms. The monoisotopic (exact) mass is 422 g/mol. The number of alkyl halides is 3. The van der Waals surface area contributed by atoms with E-state index in [1.165, 1.54) is 30.5 Å². The van der Waals surface area contributed by atoms with Crippen molar-refractivity contribution in [1.82, 2.24) is 4.98 Å². The molecule has 1 amide bonds. The first-order chi connectivity index (χ1) is 12.3. The van der Waals surface area contributed by atoms with Crippen LogP contribution in [0.25, 0.3) is 0 Å². The van der Waals surface area contributed by atoms with E-state index < -0.39 is 33.1 Å². The topological polar surface area (TPSA) is 79.7 Å². The van der Waals surface area contributed by atoms with E-state index in [0.29, 0.717) is 0 Å². The Morgan fingerprint density at radius 3 is 2.74 bits per heavy atom. The van der Waals surface area contributed by atoms with Crippen molar-refractivity contribution in [3.8, 4) is 5.75 Å². The fourth-order valence-electron chi connectivity index (χ4n) is 2.75. The van der Waals surface area contributed by atoms with Gasteiger partial charge in [0.05, 0.1) is 16.5 Å². The molecule has 3 rings (SSSR count). The standard InChI is InChI=1S/C16H14ClF3N2O4S/c1-27(24,25)9-14(23)22(15-13(27)3-2-6-21-15)8-10-4-5-11(17)12(7-10)26-16(18,19)20/h2-7H,8-9H2,1H3,(H,24,25). The Hall–Kier alpha value is -2.17. The van der Waals surface area contributed by atoms with Crippen LogP contribution in [0.3, 0.4) is 0 Å². The normalized spacial score (nSPS) is 19.7. The molecule has 27 heavy (non-hydrogen) atoms. The summed E-state index contributed by atoms with van der Waals surface area (Å²) >= 11 is 5.72. The number of carbonyl (C=O) groups is 1. The molecule has 0 saturated carbocycles. The minimum absolute atomic E-state index is 0.00910. The zero-order chi connectivity index (χ0) is 20.1. The van der Waals surface area contributed by atoms with E-state index >= 15 is 0 Å². The van der Waals surface area contributed by atoms with E-state index in [9.17, 15) is 26.7 Å². The van der Waals surface area contributed by atoms with Crippen LogP contribution in [0.15, 0.2) is 41.4 Å². The third-order valence-electron chi connectivity index (χ3n) is 3.90. The molecule has 1 N–H and O–H groups in total. The van der Waals surface area contributed by atoms with Gasteiger partial charge in [-0.25, -0.2) is 9.19 Å². The van der Waals surface area contributed by atoms with E-state index in [-0.39, 0.29) is 27.8 Å². The number of pyridine rings is 1. The van der Waals surface area contributed by atoms with Crippen molar-refractivity contribution in [2.24, 2.45) is 0 Å². The molecule has 0 radical (unpaired) electrons. The lowest BCUT2D eigenvalue weighted by Gasteiger charge is -2.45. The second-order valence-electron chi connectivity index (χ2n) is 6.24. The Morgan fingerprint density at radius 2 is 2.07 bits per heavy atom. The minimum Gasteiger partial charge on any atom is -0.404 e. The van der Waals surface area contributed by atoms with E-state index in [0.717, 1.165) is 17.2 Å². The molecule has 6 nitrogen and oxygen atoms in total. The molecule has 1 aromatic heterocycles. The molecule has 0 bridgehead atoms. The molecule has 2 aromatic rings. The molecule has 1 aliphatic heterocycles. The Bertz CT molecular complexity index is 990. The van der Waals surface area contributed by atoms with Gasteiger partial charge in [0.25, 0.3) is 0 Å². The lowest BCUT2D eigenvalue weighted by Crippen LogP contribution is -2.50. The summed E-state index contributed by atoms with van der Waals surface area (Å²) in [4.78, 5) is 17.7. The van der Waals surface area contributed by atoms with Crippen molar-refractivity contribution < 1.29 is 31.5 Å². The maximum atomic E-state index is 12.8. The van der Waals surface area contributed by atoms with Crippen molar-refractivity contribution in [3.63, 3.8) is 0 Å². The predicted octanol–water partition coefficient (Wildman–Crippen LogP) is 3.46. The quantitative estimate of drug-likeness (QED) is 0.819. The van der Waals surface area contributed by atoms with Crippen molar-refractivity contribution in [1.29, 1.82) is 0 Å². The van der Waals surface area contributed by atoms with E-state index in [2.05, 4.69) is 9.72 Å². The van der Waals surface area contributed by atoms with Crippen LogP contribution in [0.2, 0.25) is 5.02 Å². The zero-order valence-electron chi connectivity index (χ0n) is 13.9. The summed E-state index contributed by atoms with van der Waals surface area (Å²) < 4.78 is 64.6. The second-order valence-corrected chi connectivity index (χ2v) is 10.3. The molecule has 0 saturated heterocycles. The van der Waals surface area contributed by atoms with Crippen LogP contribution in [0.1, 0.15) is 5.56 Å². The van der Waals surface area contributed by atoms with E-state index in [1.54, 1.807) is 0 Å². The van der Waals surface area contributed by atoms with Crippen LogP contribution in [0, 0.1) is 0 Å². The van der Waals surface area contributed by atoms with E-state index in [4.69, 9.17) is 11.6 Å². The minimum atomic E-state index is -4.92. The lowest BCUT2D eigenvalue weighted by molar-refractivity contribution is -0.274. The number of rotatable bonds is 3. The number of amides is 1. The fraction of sp³-hybridized carbons (Fsp3) is 0.250. The van der Waals surface area contributed by atoms with Crippen LogP contribution in [-0.4, -0.2) is 38.0 Å². The molecule has 2 heterocycles. The summed E-state index contributed by atoms with van der Waals surface area (Å²) in [6, 6.07) is 6.56. The summed E-state index contributed by atoms with van der Waals surface area (Å²) in [7, 11) is -4.39. The van der Waals surface area contributed by atoms with Crippen LogP contribution in [0.5, 0.6) is 5.75 Å². The molecular weight excluding hydrogens is 409 g/mol. The SMILES string of the molecule is CS1(=O)(O)CC(=O)N(Cc2ccc(Cl)c(OC(F)(F)F)c2)c2ncccc21. The van der Waals surface area contributed by atoms with Gasteiger partial charge in [-0.3, -0.25) is 14.2 Å². The second kappa shape index (κ2) is 6.18. The third-order valence-corrected chi connectivity index (χ3v) is 6.58. The zero-order valence-corrected chi connectivity index (χ0v) is 15.4. The summed E-state index contributed by atoms with van der Waals surface area (Å²) in [5.74, 6) is -1.93. The molecule has 11 heteroatoms. The first-order valence-corrected chi connectivity index (χ1v) is 10.4. The van der Waals surface area contributed by atoms with Gasteiger partial charge in [0.1, 0.15) is 11.5 Å². The average molecular weight is 423 g/mol. The molecule has 1 aliphatic rings. The average Bonchev–Trinajstić information content (AvgIpc) is 2.52. The van der Waals surface area contributed by atoms with Crippen LogP contribution >= 0.6 is 11.6 Å². The molecule has 0 atom stereocenters. The molecule has 1 aromatic carbocycles. The molecular formula is C16H14ClF3N2O4S. The van der Waals surface area contributed by atoms with Gasteiger partial charge in [0.2, 0.25) is 5.91 Å². The Balaban J connectivity index is 1.99. The molecule has 0 unspecified atom stereocenters. The highest BCUT2D eigenvalue weighted by atomic mass is 35.5. The molecule has 0 fully saturated rings. The number of carbonyl (C=O) groups excluding carboxylic acids is 1. The van der Waals surface area contributed by atoms with Gasteiger partial charge in [-0.1, -0.05) is 17.7 Å². The fourth-order valence-corrected chi connectivity index (χ4v) is 4.86. The van der Waals surface area contributed by atoms with Gasteiger partial charge >= 0.3 is 6.36 Å². The summed E-state index contributed by atoms with van der Waals surface area (Å²) in [6.45, 7) is -0.169. The van der Waals surface area contributed by atoms with Crippen molar-refractivity contribution >= 4 is 32.7 Å². The first-order valence-electron chi connectivity index (χ1n) is 7.51. The highest BCUT2D eigenvalue weighted by Gasteiger charge is 2.40. The lowest BCUT2D eigenvalue weighted by atomic mass is 10.2. The highest BCUT2D eigenvalue weighted by Crippen LogP contribution is 2.41. The number of ether oxygens (including phenoxy) is 1. The Kier molecular flexibility index (Phi) is 4.48. The maximum Gasteiger partial charge on any atom is 0.573 e. The van der Waals surface area contributed by atoms with Gasteiger partial charge in [0, 0.05) is 12.5 Å². The smallest absolute Gasteiger partial charge is 0.404 e. The Morgan fingerprint density at radius 1 is 1.37 bits per heavy atom. The predicted molar refractivity (Wildman–Crippen MR) is 93.4 cm³/mol. The van der Waals surface area contributed by atoms with Crippen LogP contribution in [0.4, 0.5) is 19.0 Å². The van der Waals surface area contributed by atoms with Crippen molar-refractivity contribution in [2.75, 3.05) is 16.9 Å². The number of hydrogen-bond acceptors (Lipinski definition) is 4. The summed E-state index contributed by atoms with van der Waals surface area (Å²) in [6.07, 6.45) is -2.48. The summed E-state index contributed by atoms with van der Waals surface area (Å²) in [5, 5.41) is -0.244. The van der Waals surface area contributed by atoms with Crippen molar-refractivity contribution in [3.05, 3.63) is 47.1 Å². The van der Waals surface area contributed by atoms with Gasteiger partial charge in [0.15, 0.2) is 5.82 Å². The van der Waals surface area contributed by atoms with Gasteiger partial charge < -0.3 is 4.74 Å². The summed E-state index contributed by atoms with van der Waals surface area (Å²) in [5.41, 5.74) is 0.281. The first kappa shape index (κ1) is 19.6. The van der Waals surface area contributed by atoms with Crippen molar-refractivity contribution in [2.45, 2.75) is 17.8 Å². The number of aromatic nitrogens is 1. The number of hydrogen-bond donors (Lipinski definition) is 1. The molecule has 146 valence electrons. The van der Waals surface area contributed by atoms with Crippen LogP contribution in [-0.2, 0) is 20.7 Å². The largest absolute Gasteiger partial charge is 0.573 e.